The highest BCUT2D eigenvalue weighted by atomic mass is 79.9. The molecule has 1 aromatic carbocycles. The highest BCUT2D eigenvalue weighted by Crippen LogP contribution is 2.50. The predicted molar refractivity (Wildman–Crippen MR) is 87.0 cm³/mol. The maximum Gasteiger partial charge on any atom is 0.174 e. The third kappa shape index (κ3) is 1.87. The average molecular weight is 329 g/mol. The summed E-state index contributed by atoms with van der Waals surface area (Å²) in [4.78, 5) is 4.30. The molecular weight excluding hydrogens is 312 g/mol. The van der Waals surface area contributed by atoms with E-state index < -0.39 is 0 Å². The average Bonchev–Trinajstić information content (AvgIpc) is 2.82. The van der Waals surface area contributed by atoms with Crippen molar-refractivity contribution in [2.24, 2.45) is 4.99 Å². The number of halogens is 1. The Morgan fingerprint density at radius 3 is 2.90 bits per heavy atom. The molecule has 2 unspecified atom stereocenters. The smallest absolute Gasteiger partial charge is 0.174 e. The van der Waals surface area contributed by atoms with E-state index in [4.69, 9.17) is 0 Å². The Morgan fingerprint density at radius 1 is 1.15 bits per heavy atom. The number of hydrogen-bond acceptors (Lipinski definition) is 2. The van der Waals surface area contributed by atoms with Gasteiger partial charge in [0.1, 0.15) is 0 Å². The summed E-state index contributed by atoms with van der Waals surface area (Å²) < 4.78 is 0. The van der Waals surface area contributed by atoms with Crippen LogP contribution < -0.4 is 5.32 Å². The van der Waals surface area contributed by atoms with Crippen LogP contribution in [0.3, 0.4) is 0 Å². The molecule has 3 heteroatoms. The van der Waals surface area contributed by atoms with Gasteiger partial charge in [0, 0.05) is 17.8 Å². The monoisotopic (exact) mass is 328 g/mol. The quantitative estimate of drug-likeness (QED) is 0.601. The van der Waals surface area contributed by atoms with Crippen LogP contribution >= 0.6 is 15.9 Å². The number of fused-ring (bicyclic) bond motifs is 2. The molecule has 0 spiro atoms. The van der Waals surface area contributed by atoms with E-state index in [-0.39, 0.29) is 5.08 Å². The number of hydrogen-bond donors (Lipinski definition) is 1. The first kappa shape index (κ1) is 12.4. The summed E-state index contributed by atoms with van der Waals surface area (Å²) in [6.45, 7) is 0. The van der Waals surface area contributed by atoms with Gasteiger partial charge in [0.2, 0.25) is 0 Å². The van der Waals surface area contributed by atoms with Crippen LogP contribution in [0.4, 0.5) is 0 Å². The molecular formula is C17H17BrN2. The number of benzene rings is 1. The molecule has 0 amide bonds. The summed E-state index contributed by atoms with van der Waals surface area (Å²) in [6, 6.07) is 8.90. The Kier molecular flexibility index (Phi) is 3.03. The minimum absolute atomic E-state index is 0.00269. The van der Waals surface area contributed by atoms with Gasteiger partial charge in [-0.25, -0.2) is 0 Å². The summed E-state index contributed by atoms with van der Waals surface area (Å²) in [7, 11) is 0. The van der Waals surface area contributed by atoms with E-state index in [1.165, 1.54) is 42.5 Å². The van der Waals surface area contributed by atoms with Gasteiger partial charge in [-0.2, -0.15) is 0 Å². The van der Waals surface area contributed by atoms with Gasteiger partial charge in [-0.05, 0) is 64.4 Å². The second kappa shape index (κ2) is 4.88. The van der Waals surface area contributed by atoms with Crippen molar-refractivity contribution >= 4 is 27.7 Å². The number of aliphatic imine (C=N–C) groups is 1. The van der Waals surface area contributed by atoms with Gasteiger partial charge in [-0.15, -0.1) is 0 Å². The second-order valence-corrected chi connectivity index (χ2v) is 6.50. The molecule has 1 heterocycles. The minimum Gasteiger partial charge on any atom is -0.357 e. The number of rotatable bonds is 1. The normalized spacial score (nSPS) is 27.8. The first-order valence-electron chi connectivity index (χ1n) is 7.30. The van der Waals surface area contributed by atoms with E-state index in [1.807, 2.05) is 6.21 Å². The fourth-order valence-electron chi connectivity index (χ4n) is 3.72. The van der Waals surface area contributed by atoms with Crippen LogP contribution in [0.15, 0.2) is 46.6 Å². The molecule has 0 fully saturated rings. The lowest BCUT2D eigenvalue weighted by atomic mass is 9.85. The largest absolute Gasteiger partial charge is 0.357 e. The van der Waals surface area contributed by atoms with Crippen LogP contribution in [0.5, 0.6) is 0 Å². The van der Waals surface area contributed by atoms with E-state index in [0.29, 0.717) is 5.92 Å². The molecule has 0 radical (unpaired) electrons. The molecule has 1 N–H and O–H groups in total. The zero-order chi connectivity index (χ0) is 13.5. The van der Waals surface area contributed by atoms with Crippen molar-refractivity contribution in [2.75, 3.05) is 0 Å². The Bertz CT molecular complexity index is 642. The SMILES string of the molecule is BrC1N=CC=C(C2C3=C(CCCC3)c3ccccc32)N1. The van der Waals surface area contributed by atoms with Crippen LogP contribution in [0.2, 0.25) is 0 Å². The maximum atomic E-state index is 4.30. The Morgan fingerprint density at radius 2 is 2.00 bits per heavy atom. The third-order valence-electron chi connectivity index (χ3n) is 4.52. The van der Waals surface area contributed by atoms with Crippen molar-refractivity contribution in [1.82, 2.24) is 5.32 Å². The van der Waals surface area contributed by atoms with Crippen LogP contribution in [-0.4, -0.2) is 11.3 Å². The molecule has 1 aliphatic heterocycles. The van der Waals surface area contributed by atoms with Gasteiger partial charge >= 0.3 is 0 Å². The lowest BCUT2D eigenvalue weighted by Crippen LogP contribution is -2.28. The molecule has 2 aliphatic carbocycles. The van der Waals surface area contributed by atoms with Gasteiger partial charge in [0.05, 0.1) is 0 Å². The van der Waals surface area contributed by atoms with Crippen molar-refractivity contribution in [3.63, 3.8) is 0 Å². The zero-order valence-corrected chi connectivity index (χ0v) is 12.9. The van der Waals surface area contributed by atoms with Crippen LogP contribution in [-0.2, 0) is 0 Å². The van der Waals surface area contributed by atoms with Gasteiger partial charge in [-0.1, -0.05) is 29.8 Å². The summed E-state index contributed by atoms with van der Waals surface area (Å²) in [5.41, 5.74) is 7.46. The molecule has 0 saturated carbocycles. The number of nitrogens with one attached hydrogen (secondary N) is 1. The third-order valence-corrected chi connectivity index (χ3v) is 4.99. The number of nitrogens with zero attached hydrogens (tertiary/aromatic N) is 1. The fourth-order valence-corrected chi connectivity index (χ4v) is 4.12. The second-order valence-electron chi connectivity index (χ2n) is 5.63. The van der Waals surface area contributed by atoms with Crippen LogP contribution in [0.1, 0.15) is 42.7 Å². The van der Waals surface area contributed by atoms with Crippen molar-refractivity contribution in [3.8, 4) is 0 Å². The van der Waals surface area contributed by atoms with Crippen molar-refractivity contribution in [3.05, 3.63) is 52.7 Å². The number of allylic oxidation sites excluding steroid dienone is 3. The van der Waals surface area contributed by atoms with Gasteiger partial charge in [0.25, 0.3) is 0 Å². The Balaban J connectivity index is 1.84. The van der Waals surface area contributed by atoms with Crippen molar-refractivity contribution in [2.45, 2.75) is 36.7 Å². The summed E-state index contributed by atoms with van der Waals surface area (Å²) in [6.07, 6.45) is 9.16. The van der Waals surface area contributed by atoms with Gasteiger partial charge in [-0.3, -0.25) is 4.99 Å². The van der Waals surface area contributed by atoms with E-state index in [2.05, 4.69) is 56.6 Å². The summed E-state index contributed by atoms with van der Waals surface area (Å²) in [5, 5.41) is 3.48. The fraction of sp³-hybridized carbons (Fsp3) is 0.353. The molecule has 0 saturated heterocycles. The molecule has 2 nitrogen and oxygen atoms in total. The number of alkyl halides is 1. The highest BCUT2D eigenvalue weighted by Gasteiger charge is 2.34. The van der Waals surface area contributed by atoms with E-state index in [1.54, 1.807) is 11.1 Å². The molecule has 3 aliphatic rings. The maximum absolute atomic E-state index is 4.30. The highest BCUT2D eigenvalue weighted by molar-refractivity contribution is 9.09. The molecule has 0 bridgehead atoms. The van der Waals surface area contributed by atoms with Crippen molar-refractivity contribution < 1.29 is 0 Å². The molecule has 1 aromatic rings. The molecule has 0 aromatic heterocycles. The first-order valence-corrected chi connectivity index (χ1v) is 8.21. The predicted octanol–water partition coefficient (Wildman–Crippen LogP) is 4.35. The summed E-state index contributed by atoms with van der Waals surface area (Å²) >= 11 is 3.54. The molecule has 102 valence electrons. The van der Waals surface area contributed by atoms with Crippen LogP contribution in [0.25, 0.3) is 5.57 Å². The lowest BCUT2D eigenvalue weighted by molar-refractivity contribution is 0.657. The standard InChI is InChI=1S/C17H17BrN2/c18-17-19-10-9-15(20-17)16-13-7-3-1-5-11(13)12-6-2-4-8-14(12)16/h1,3,5,7,9-10,16-17,20H,2,4,6,8H2. The molecule has 20 heavy (non-hydrogen) atoms. The first-order chi connectivity index (χ1) is 9.84. The molecule has 2 atom stereocenters. The molecule has 4 rings (SSSR count). The van der Waals surface area contributed by atoms with Gasteiger partial charge < -0.3 is 5.32 Å². The zero-order valence-electron chi connectivity index (χ0n) is 11.3. The summed E-state index contributed by atoms with van der Waals surface area (Å²) in [5.74, 6) is 0.410. The topological polar surface area (TPSA) is 24.4 Å². The Hall–Kier alpha value is -1.35. The van der Waals surface area contributed by atoms with E-state index >= 15 is 0 Å². The van der Waals surface area contributed by atoms with Gasteiger partial charge in [0.15, 0.2) is 5.08 Å². The van der Waals surface area contributed by atoms with Crippen LogP contribution in [0, 0.1) is 0 Å². The van der Waals surface area contributed by atoms with Crippen molar-refractivity contribution in [1.29, 1.82) is 0 Å². The Labute approximate surface area is 127 Å². The lowest BCUT2D eigenvalue weighted by Gasteiger charge is -2.26. The van der Waals surface area contributed by atoms with E-state index in [0.717, 1.165) is 0 Å². The minimum atomic E-state index is 0.00269. The van der Waals surface area contributed by atoms with E-state index in [9.17, 15) is 0 Å².